The van der Waals surface area contributed by atoms with Crippen LogP contribution in [0, 0.1) is 0 Å². The van der Waals surface area contributed by atoms with E-state index in [1.807, 2.05) is 5.32 Å². The summed E-state index contributed by atoms with van der Waals surface area (Å²) in [6, 6.07) is 6.77. The Morgan fingerprint density at radius 3 is 2.16 bits per heavy atom. The first-order valence-corrected chi connectivity index (χ1v) is 12.9. The molecule has 1 aromatic carbocycles. The number of sulfone groups is 1. The summed E-state index contributed by atoms with van der Waals surface area (Å²) in [5.74, 6) is -0.311. The Bertz CT molecular complexity index is 1470. The molecule has 0 spiro atoms. The summed E-state index contributed by atoms with van der Waals surface area (Å²) in [7, 11) is -2.35. The largest absolute Gasteiger partial charge is 0.431 e. The fourth-order valence-corrected chi connectivity index (χ4v) is 4.77. The second-order valence-corrected chi connectivity index (χ2v) is 10.4. The number of imidazole rings is 1. The average molecular weight is 559 g/mol. The summed E-state index contributed by atoms with van der Waals surface area (Å²) in [5.41, 5.74) is -1.38. The highest BCUT2D eigenvalue weighted by molar-refractivity contribution is 7.91. The number of allylic oxidation sites excluding steroid dienone is 1. The van der Waals surface area contributed by atoms with Gasteiger partial charge in [-0.2, -0.15) is 26.3 Å². The number of benzene rings is 1. The topological polar surface area (TPSA) is 76.9 Å². The lowest BCUT2D eigenvalue weighted by Gasteiger charge is -2.12. The maximum absolute atomic E-state index is 13.5. The van der Waals surface area contributed by atoms with Gasteiger partial charge in [-0.25, -0.2) is 18.4 Å². The lowest BCUT2D eigenvalue weighted by molar-refractivity contribution is -0.137. The van der Waals surface area contributed by atoms with Gasteiger partial charge in [0.2, 0.25) is 0 Å². The minimum absolute atomic E-state index is 0.0194. The summed E-state index contributed by atoms with van der Waals surface area (Å²) >= 11 is 0. The van der Waals surface area contributed by atoms with Crippen molar-refractivity contribution in [2.24, 2.45) is 7.05 Å². The molecule has 0 radical (unpaired) electrons. The van der Waals surface area contributed by atoms with Crippen molar-refractivity contribution in [3.05, 3.63) is 71.8 Å². The molecule has 3 aromatic rings. The van der Waals surface area contributed by atoms with Crippen LogP contribution in [0.4, 0.5) is 26.3 Å². The number of nitrogens with zero attached hydrogens (tertiary/aromatic N) is 3. The van der Waals surface area contributed by atoms with E-state index in [4.69, 9.17) is 0 Å². The molecule has 0 atom stereocenters. The second-order valence-electron chi connectivity index (χ2n) is 8.11. The Morgan fingerprint density at radius 1 is 1.03 bits per heavy atom. The second kappa shape index (κ2) is 10.6. The van der Waals surface area contributed by atoms with Crippen molar-refractivity contribution in [3.63, 3.8) is 0 Å². The fourth-order valence-electron chi connectivity index (χ4n) is 3.75. The van der Waals surface area contributed by atoms with Crippen molar-refractivity contribution in [2.45, 2.75) is 37.5 Å². The van der Waals surface area contributed by atoms with Crippen molar-refractivity contribution in [2.75, 3.05) is 5.75 Å². The maximum Gasteiger partial charge on any atom is 0.431 e. The van der Waals surface area contributed by atoms with Crippen LogP contribution in [0.2, 0.25) is 0 Å². The zero-order valence-corrected chi connectivity index (χ0v) is 21.4. The molecule has 2 aromatic heterocycles. The average Bonchev–Trinajstić information content (AvgIpc) is 3.17. The van der Waals surface area contributed by atoms with Crippen molar-refractivity contribution < 1.29 is 34.8 Å². The van der Waals surface area contributed by atoms with Crippen LogP contribution in [0.5, 0.6) is 0 Å². The molecular weight excluding hydrogens is 534 g/mol. The van der Waals surface area contributed by atoms with E-state index in [1.54, 1.807) is 6.92 Å². The molecule has 0 unspecified atom stereocenters. The van der Waals surface area contributed by atoms with Gasteiger partial charge in [0.15, 0.2) is 15.7 Å². The first-order valence-electron chi connectivity index (χ1n) is 11.3. The van der Waals surface area contributed by atoms with E-state index in [1.165, 1.54) is 42.8 Å². The Balaban J connectivity index is 2.28. The van der Waals surface area contributed by atoms with E-state index >= 15 is 0 Å². The van der Waals surface area contributed by atoms with Gasteiger partial charge in [0.05, 0.1) is 27.6 Å². The predicted octanol–water partition coefficient (Wildman–Crippen LogP) is 6.16. The predicted molar refractivity (Wildman–Crippen MR) is 131 cm³/mol. The van der Waals surface area contributed by atoms with Gasteiger partial charge in [-0.3, -0.25) is 0 Å². The summed E-state index contributed by atoms with van der Waals surface area (Å²) in [5, 5.41) is 2.04. The molecule has 1 N–H and O–H groups in total. The SMILES string of the molecule is C=CN/C(=C\c1nc(-c2nc(-c3ccc(C(F)(F)F)cc3)ccc2S(=O)(=O)CC)n(C)c1CC)C(F)(F)F. The van der Waals surface area contributed by atoms with Gasteiger partial charge in [0, 0.05) is 18.3 Å². The van der Waals surface area contributed by atoms with Crippen LogP contribution < -0.4 is 5.32 Å². The molecule has 0 aliphatic rings. The van der Waals surface area contributed by atoms with Crippen LogP contribution in [0.25, 0.3) is 28.9 Å². The van der Waals surface area contributed by atoms with Crippen LogP contribution >= 0.6 is 0 Å². The van der Waals surface area contributed by atoms with Gasteiger partial charge in [0.1, 0.15) is 11.4 Å². The quantitative estimate of drug-likeness (QED) is 0.335. The minimum atomic E-state index is -4.74. The van der Waals surface area contributed by atoms with Gasteiger partial charge in [-0.05, 0) is 43.0 Å². The van der Waals surface area contributed by atoms with Crippen LogP contribution in [-0.2, 0) is 29.5 Å². The maximum atomic E-state index is 13.5. The Kier molecular flexibility index (Phi) is 8.10. The molecule has 0 aliphatic heterocycles. The number of aromatic nitrogens is 3. The molecule has 2 heterocycles. The van der Waals surface area contributed by atoms with Gasteiger partial charge in [-0.1, -0.05) is 32.6 Å². The van der Waals surface area contributed by atoms with E-state index in [9.17, 15) is 34.8 Å². The molecule has 0 bridgehead atoms. The third-order valence-electron chi connectivity index (χ3n) is 5.72. The van der Waals surface area contributed by atoms with Gasteiger partial charge < -0.3 is 9.88 Å². The summed E-state index contributed by atoms with van der Waals surface area (Å²) in [6.45, 7) is 6.37. The molecular formula is C25H24F6N4O2S. The molecule has 0 aliphatic carbocycles. The summed E-state index contributed by atoms with van der Waals surface area (Å²) in [4.78, 5) is 8.52. The molecule has 0 saturated heterocycles. The van der Waals surface area contributed by atoms with Crippen molar-refractivity contribution in [1.82, 2.24) is 19.9 Å². The number of rotatable bonds is 8. The van der Waals surface area contributed by atoms with Gasteiger partial charge in [0.25, 0.3) is 0 Å². The van der Waals surface area contributed by atoms with Gasteiger partial charge >= 0.3 is 12.4 Å². The number of hydrogen-bond acceptors (Lipinski definition) is 5. The van der Waals surface area contributed by atoms with Crippen LogP contribution in [-0.4, -0.2) is 34.9 Å². The minimum Gasteiger partial charge on any atom is -0.358 e. The third-order valence-corrected chi connectivity index (χ3v) is 7.48. The number of hydrogen-bond donors (Lipinski definition) is 1. The Labute approximate surface area is 215 Å². The molecule has 3 rings (SSSR count). The van der Waals surface area contributed by atoms with Crippen LogP contribution in [0.15, 0.2) is 59.8 Å². The highest BCUT2D eigenvalue weighted by atomic mass is 32.2. The van der Waals surface area contributed by atoms with Gasteiger partial charge in [-0.15, -0.1) is 0 Å². The number of pyridine rings is 1. The Morgan fingerprint density at radius 2 is 1.66 bits per heavy atom. The van der Waals surface area contributed by atoms with Crippen molar-refractivity contribution in [1.29, 1.82) is 0 Å². The highest BCUT2D eigenvalue weighted by Gasteiger charge is 2.34. The lowest BCUT2D eigenvalue weighted by atomic mass is 10.1. The Hall–Kier alpha value is -3.61. The normalized spacial score (nSPS) is 13.0. The molecule has 0 saturated carbocycles. The fraction of sp³-hybridized carbons (Fsp3) is 0.280. The number of halogens is 6. The van der Waals surface area contributed by atoms with E-state index < -0.39 is 33.5 Å². The van der Waals surface area contributed by atoms with Crippen LogP contribution in [0.1, 0.15) is 30.8 Å². The molecule has 0 amide bonds. The van der Waals surface area contributed by atoms with E-state index in [0.29, 0.717) is 5.69 Å². The number of alkyl halides is 6. The first kappa shape index (κ1) is 29.0. The zero-order valence-electron chi connectivity index (χ0n) is 20.6. The highest BCUT2D eigenvalue weighted by Crippen LogP contribution is 2.34. The molecule has 38 heavy (non-hydrogen) atoms. The first-order chi connectivity index (χ1) is 17.6. The summed E-state index contributed by atoms with van der Waals surface area (Å²) < 4.78 is 107. The monoisotopic (exact) mass is 558 g/mol. The van der Waals surface area contributed by atoms with E-state index in [-0.39, 0.29) is 45.5 Å². The lowest BCUT2D eigenvalue weighted by Crippen LogP contribution is -2.22. The molecule has 13 heteroatoms. The molecule has 0 fully saturated rings. The molecule has 6 nitrogen and oxygen atoms in total. The van der Waals surface area contributed by atoms with E-state index in [2.05, 4.69) is 16.5 Å². The van der Waals surface area contributed by atoms with Crippen LogP contribution in [0.3, 0.4) is 0 Å². The summed E-state index contributed by atoms with van der Waals surface area (Å²) in [6.07, 6.45) is -7.37. The number of nitrogens with one attached hydrogen (secondary N) is 1. The van der Waals surface area contributed by atoms with E-state index in [0.717, 1.165) is 24.4 Å². The smallest absolute Gasteiger partial charge is 0.358 e. The molecule has 204 valence electrons. The third kappa shape index (κ3) is 5.93. The van der Waals surface area contributed by atoms with Crippen molar-refractivity contribution in [3.8, 4) is 22.8 Å². The van der Waals surface area contributed by atoms with Crippen molar-refractivity contribution >= 4 is 15.9 Å². The standard InChI is InChI=1S/C25H24F6N4O2S/c1-5-19-18(14-21(32-6-2)25(29,30)31)34-23(35(19)4)22-20(38(36,37)7-3)13-12-17(33-22)15-8-10-16(11-9-15)24(26,27)28/h6,8-14,32H,2,5,7H2,1,3-4H3/b21-14-. The zero-order chi connectivity index (χ0) is 28.5.